The summed E-state index contributed by atoms with van der Waals surface area (Å²) in [6.45, 7) is 2.04. The molecule has 1 aliphatic carbocycles. The predicted octanol–water partition coefficient (Wildman–Crippen LogP) is 2.87. The van der Waals surface area contributed by atoms with Crippen LogP contribution in [0.2, 0.25) is 0 Å². The molecule has 2 bridgehead atoms. The first-order valence-corrected chi connectivity index (χ1v) is 10.5. The van der Waals surface area contributed by atoms with Crippen LogP contribution in [0.1, 0.15) is 49.0 Å². The number of nitrogen functional groups attached to an aromatic ring is 1. The summed E-state index contributed by atoms with van der Waals surface area (Å²) in [4.78, 5) is 13.9. The summed E-state index contributed by atoms with van der Waals surface area (Å²) in [6.07, 6.45) is 7.23. The molecule has 9 heteroatoms. The molecule has 1 fully saturated rings. The van der Waals surface area contributed by atoms with Gasteiger partial charge in [-0.3, -0.25) is 9.98 Å². The lowest BCUT2D eigenvalue weighted by Crippen LogP contribution is -2.22. The average Bonchev–Trinajstić information content (AvgIpc) is 2.75. The lowest BCUT2D eigenvalue weighted by molar-refractivity contribution is 0.227. The number of halogens is 1. The summed E-state index contributed by atoms with van der Waals surface area (Å²) in [6, 6.07) is 6.42. The molecule has 0 saturated heterocycles. The van der Waals surface area contributed by atoms with Gasteiger partial charge in [-0.2, -0.15) is 5.10 Å². The Morgan fingerprint density at radius 2 is 2.06 bits per heavy atom. The van der Waals surface area contributed by atoms with E-state index in [1.165, 1.54) is 24.5 Å². The number of hydrogen-bond donors (Lipinski definition) is 3. The molecule has 6 N–H and O–H groups in total. The van der Waals surface area contributed by atoms with E-state index in [0.717, 1.165) is 30.4 Å². The topological polar surface area (TPSA) is 137 Å². The highest BCUT2D eigenvalue weighted by Gasteiger charge is 2.23. The van der Waals surface area contributed by atoms with Gasteiger partial charge in [-0.05, 0) is 50.5 Å². The van der Waals surface area contributed by atoms with Crippen molar-refractivity contribution in [3.8, 4) is 5.75 Å². The van der Waals surface area contributed by atoms with Gasteiger partial charge in [-0.1, -0.05) is 0 Å². The zero-order valence-electron chi connectivity index (χ0n) is 17.8. The van der Waals surface area contributed by atoms with Crippen LogP contribution in [0.15, 0.2) is 57.3 Å². The van der Waals surface area contributed by atoms with Gasteiger partial charge in [0.15, 0.2) is 11.6 Å². The van der Waals surface area contributed by atoms with Crippen molar-refractivity contribution in [1.29, 1.82) is 0 Å². The standard InChI is InChI=1S/C23H26FN7O/c1-13-19-8-16(24)5-6-18(19)20(12-30-27)28-11-15(9-25)22(31-17-3-2-4-17)14-7-21(32-13)23(26)29-10-14/h5-10,12-13,17H,2-4,11,25,27H2,1H3,(H2,26,29). The van der Waals surface area contributed by atoms with E-state index in [2.05, 4.69) is 10.1 Å². The van der Waals surface area contributed by atoms with Crippen LogP contribution < -0.4 is 22.0 Å². The van der Waals surface area contributed by atoms with Crippen molar-refractivity contribution < 1.29 is 9.13 Å². The van der Waals surface area contributed by atoms with Gasteiger partial charge in [0.25, 0.3) is 0 Å². The van der Waals surface area contributed by atoms with Crippen LogP contribution in [0.3, 0.4) is 0 Å². The molecule has 1 aromatic carbocycles. The summed E-state index contributed by atoms with van der Waals surface area (Å²) < 4.78 is 20.3. The van der Waals surface area contributed by atoms with E-state index in [4.69, 9.17) is 32.0 Å². The van der Waals surface area contributed by atoms with E-state index in [-0.39, 0.29) is 18.4 Å². The molecule has 1 saturated carbocycles. The summed E-state index contributed by atoms with van der Waals surface area (Å²) in [5.41, 5.74) is 16.0. The number of nitrogens with zero attached hydrogens (tertiary/aromatic N) is 4. The highest BCUT2D eigenvalue weighted by molar-refractivity contribution is 6.38. The van der Waals surface area contributed by atoms with Gasteiger partial charge in [-0.25, -0.2) is 9.37 Å². The summed E-state index contributed by atoms with van der Waals surface area (Å²) in [5, 5.41) is 3.65. The summed E-state index contributed by atoms with van der Waals surface area (Å²) in [7, 11) is 0. The molecule has 2 heterocycles. The first kappa shape index (κ1) is 21.5. The fourth-order valence-corrected chi connectivity index (χ4v) is 3.72. The van der Waals surface area contributed by atoms with Crippen molar-refractivity contribution in [2.45, 2.75) is 38.3 Å². The molecule has 2 aliphatic rings. The number of rotatable bonds is 2. The Bertz CT molecular complexity index is 1140. The molecular weight excluding hydrogens is 409 g/mol. The van der Waals surface area contributed by atoms with Crippen molar-refractivity contribution in [3.63, 3.8) is 0 Å². The number of aliphatic imine (C=N–C) groups is 2. The Balaban J connectivity index is 1.92. The molecule has 166 valence electrons. The zero-order valence-corrected chi connectivity index (χ0v) is 17.8. The lowest BCUT2D eigenvalue weighted by atomic mass is 9.92. The number of hydrogen-bond acceptors (Lipinski definition) is 8. The van der Waals surface area contributed by atoms with E-state index in [9.17, 15) is 4.39 Å². The van der Waals surface area contributed by atoms with Crippen LogP contribution >= 0.6 is 0 Å². The normalized spacial score (nSPS) is 21.9. The van der Waals surface area contributed by atoms with Crippen molar-refractivity contribution in [2.24, 2.45) is 26.7 Å². The van der Waals surface area contributed by atoms with Crippen molar-refractivity contribution >= 4 is 23.5 Å². The molecule has 1 atom stereocenters. The number of aromatic nitrogens is 1. The number of nitrogens with two attached hydrogens (primary N) is 3. The minimum atomic E-state index is -0.549. The molecule has 1 aromatic heterocycles. The van der Waals surface area contributed by atoms with Crippen molar-refractivity contribution in [1.82, 2.24) is 4.98 Å². The number of anilines is 1. The Labute approximate surface area is 185 Å². The highest BCUT2D eigenvalue weighted by atomic mass is 19.1. The molecule has 0 spiro atoms. The van der Waals surface area contributed by atoms with E-state index < -0.39 is 11.9 Å². The third-order valence-corrected chi connectivity index (χ3v) is 5.69. The van der Waals surface area contributed by atoms with Gasteiger partial charge in [0.1, 0.15) is 11.9 Å². The third-order valence-electron chi connectivity index (χ3n) is 5.69. The molecule has 1 unspecified atom stereocenters. The second-order valence-corrected chi connectivity index (χ2v) is 7.83. The number of ether oxygens (including phenoxy) is 1. The number of fused-ring (bicyclic) bond motifs is 3. The van der Waals surface area contributed by atoms with E-state index >= 15 is 0 Å². The minimum Gasteiger partial charge on any atom is -0.482 e. The molecule has 8 nitrogen and oxygen atoms in total. The van der Waals surface area contributed by atoms with E-state index in [1.54, 1.807) is 18.3 Å². The van der Waals surface area contributed by atoms with Crippen LogP contribution in [0.25, 0.3) is 0 Å². The Kier molecular flexibility index (Phi) is 6.16. The molecule has 0 amide bonds. The fraction of sp³-hybridized carbons (Fsp3) is 0.304. The number of benzene rings is 1. The maximum Gasteiger partial charge on any atom is 0.166 e. The summed E-state index contributed by atoms with van der Waals surface area (Å²) in [5.74, 6) is 5.66. The SMILES string of the molecule is CC1Oc2cc(cnc2N)C(=NC2CCC2)C(=CN)CN=C(C=NN)c2ccc(F)cc21. The molecule has 0 radical (unpaired) electrons. The second-order valence-electron chi connectivity index (χ2n) is 7.83. The monoisotopic (exact) mass is 435 g/mol. The molecule has 32 heavy (non-hydrogen) atoms. The first-order chi connectivity index (χ1) is 15.5. The maximum absolute atomic E-state index is 14.1. The summed E-state index contributed by atoms with van der Waals surface area (Å²) >= 11 is 0. The molecule has 2 aromatic rings. The molecular formula is C23H26FN7O. The van der Waals surface area contributed by atoms with Gasteiger partial charge in [0.05, 0.1) is 30.2 Å². The van der Waals surface area contributed by atoms with Crippen LogP contribution in [0.5, 0.6) is 5.75 Å². The Hall–Kier alpha value is -3.75. The lowest BCUT2D eigenvalue weighted by Gasteiger charge is -2.24. The van der Waals surface area contributed by atoms with Gasteiger partial charge >= 0.3 is 0 Å². The Morgan fingerprint density at radius 3 is 2.75 bits per heavy atom. The van der Waals surface area contributed by atoms with Gasteiger partial charge in [0.2, 0.25) is 0 Å². The maximum atomic E-state index is 14.1. The number of pyridine rings is 1. The van der Waals surface area contributed by atoms with Crippen molar-refractivity contribution in [3.05, 3.63) is 64.7 Å². The fourth-order valence-electron chi connectivity index (χ4n) is 3.72. The largest absolute Gasteiger partial charge is 0.482 e. The minimum absolute atomic E-state index is 0.228. The first-order valence-electron chi connectivity index (χ1n) is 10.5. The quantitative estimate of drug-likeness (QED) is 0.378. The van der Waals surface area contributed by atoms with E-state index in [1.807, 2.05) is 6.92 Å². The van der Waals surface area contributed by atoms with Crippen LogP contribution in [0.4, 0.5) is 10.2 Å². The van der Waals surface area contributed by atoms with Crippen LogP contribution in [-0.2, 0) is 0 Å². The highest BCUT2D eigenvalue weighted by Crippen LogP contribution is 2.31. The van der Waals surface area contributed by atoms with E-state index in [0.29, 0.717) is 28.3 Å². The third kappa shape index (κ3) is 4.32. The van der Waals surface area contributed by atoms with Gasteiger partial charge < -0.3 is 22.0 Å². The van der Waals surface area contributed by atoms with Crippen molar-refractivity contribution in [2.75, 3.05) is 12.3 Å². The predicted molar refractivity (Wildman–Crippen MR) is 125 cm³/mol. The number of hydrazone groups is 1. The van der Waals surface area contributed by atoms with Crippen LogP contribution in [0, 0.1) is 5.82 Å². The molecule has 1 aliphatic heterocycles. The average molecular weight is 436 g/mol. The van der Waals surface area contributed by atoms with Gasteiger partial charge in [-0.15, -0.1) is 0 Å². The molecule has 4 rings (SSSR count). The van der Waals surface area contributed by atoms with Crippen LogP contribution in [-0.4, -0.2) is 35.2 Å². The van der Waals surface area contributed by atoms with Gasteiger partial charge in [0, 0.05) is 34.7 Å². The smallest absolute Gasteiger partial charge is 0.166 e. The second kappa shape index (κ2) is 9.17. The zero-order chi connectivity index (χ0) is 22.7. The Morgan fingerprint density at radius 1 is 1.25 bits per heavy atom.